The molecule has 1 N–H and O–H groups in total. The summed E-state index contributed by atoms with van der Waals surface area (Å²) in [6.07, 6.45) is 6.73. The highest BCUT2D eigenvalue weighted by molar-refractivity contribution is 7.40. The van der Waals surface area contributed by atoms with E-state index in [0.717, 1.165) is 8.20 Å². The molecular formula is C6H6N3OP. The zero-order chi connectivity index (χ0) is 8.10. The van der Waals surface area contributed by atoms with Gasteiger partial charge in [0.2, 0.25) is 5.82 Å². The van der Waals surface area contributed by atoms with Crippen molar-refractivity contribution in [2.24, 2.45) is 5.18 Å². The van der Waals surface area contributed by atoms with Crippen LogP contribution in [0.15, 0.2) is 17.3 Å². The van der Waals surface area contributed by atoms with Crippen LogP contribution in [0.1, 0.15) is 5.69 Å². The van der Waals surface area contributed by atoms with Gasteiger partial charge in [0.15, 0.2) is 0 Å². The van der Waals surface area contributed by atoms with Gasteiger partial charge in [0, 0.05) is 0 Å². The quantitative estimate of drug-likeness (QED) is 0.553. The van der Waals surface area contributed by atoms with Crippen molar-refractivity contribution in [1.29, 1.82) is 0 Å². The van der Waals surface area contributed by atoms with Crippen molar-refractivity contribution in [3.05, 3.63) is 22.7 Å². The molecule has 1 aromatic rings. The lowest BCUT2D eigenvalue weighted by molar-refractivity contribution is 1.29. The molecule has 0 aromatic carbocycles. The van der Waals surface area contributed by atoms with Crippen LogP contribution in [-0.4, -0.2) is 16.3 Å². The van der Waals surface area contributed by atoms with Crippen molar-refractivity contribution in [2.75, 3.05) is 0 Å². The Morgan fingerprint density at radius 3 is 3.27 bits per heavy atom. The van der Waals surface area contributed by atoms with Gasteiger partial charge >= 0.3 is 0 Å². The fraction of sp³-hybridized carbons (Fsp3) is 0. The second-order valence-electron chi connectivity index (χ2n) is 1.73. The Morgan fingerprint density at radius 1 is 1.82 bits per heavy atom. The van der Waals surface area contributed by atoms with Gasteiger partial charge in [-0.3, -0.25) is 0 Å². The largest absolute Gasteiger partial charge is 0.343 e. The highest BCUT2D eigenvalue weighted by Crippen LogP contribution is 2.15. The molecule has 0 atom stereocenters. The maximum atomic E-state index is 10.1. The first kappa shape index (κ1) is 7.82. The number of nitrogens with zero attached hydrogens (tertiary/aromatic N) is 2. The minimum atomic E-state index is 0.185. The van der Waals surface area contributed by atoms with Crippen LogP contribution in [0.25, 0.3) is 6.08 Å². The van der Waals surface area contributed by atoms with Gasteiger partial charge in [0.05, 0.1) is 12.0 Å². The predicted molar refractivity (Wildman–Crippen MR) is 47.1 cm³/mol. The highest BCUT2D eigenvalue weighted by atomic mass is 31.1. The van der Waals surface area contributed by atoms with E-state index in [1.54, 1.807) is 11.9 Å². The molecule has 0 unspecified atom stereocenters. The standard InChI is InChI=1S/C6H6N3OP/c1-11-3-2-5-6(9-10)8-4-7-5/h2-4H,1H2,(H,7,8). The average Bonchev–Trinajstić information content (AvgIpc) is 2.47. The number of nitrogens with one attached hydrogen (secondary N) is 1. The van der Waals surface area contributed by atoms with Crippen LogP contribution in [0.4, 0.5) is 5.82 Å². The number of hydrogen-bond acceptors (Lipinski definition) is 3. The number of aromatic amines is 1. The minimum absolute atomic E-state index is 0.185. The predicted octanol–water partition coefficient (Wildman–Crippen LogP) is 2.16. The van der Waals surface area contributed by atoms with E-state index in [1.807, 2.05) is 0 Å². The SMILES string of the molecule is C=PC=Cc1[nH]cnc1N=O. The lowest BCUT2D eigenvalue weighted by atomic mass is 10.4. The number of imidazole rings is 1. The number of hydrogen-bond donors (Lipinski definition) is 1. The molecule has 0 bridgehead atoms. The van der Waals surface area contributed by atoms with Crippen molar-refractivity contribution in [2.45, 2.75) is 0 Å². The molecule has 4 nitrogen and oxygen atoms in total. The molecule has 0 aliphatic rings. The normalized spacial score (nSPS) is 10.9. The van der Waals surface area contributed by atoms with E-state index in [1.165, 1.54) is 6.33 Å². The summed E-state index contributed by atoms with van der Waals surface area (Å²) in [4.78, 5) is 16.5. The molecule has 1 heterocycles. The second kappa shape index (κ2) is 3.78. The van der Waals surface area contributed by atoms with Crippen molar-refractivity contribution in [3.8, 4) is 0 Å². The molecule has 56 valence electrons. The average molecular weight is 167 g/mol. The smallest absolute Gasteiger partial charge is 0.221 e. The van der Waals surface area contributed by atoms with Gasteiger partial charge in [-0.05, 0) is 17.1 Å². The number of H-pyrrole nitrogens is 1. The topological polar surface area (TPSA) is 58.1 Å². The van der Waals surface area contributed by atoms with E-state index in [0.29, 0.717) is 5.69 Å². The molecule has 0 saturated carbocycles. The van der Waals surface area contributed by atoms with Crippen LogP contribution in [0, 0.1) is 4.91 Å². The van der Waals surface area contributed by atoms with Gasteiger partial charge in [0.1, 0.15) is 0 Å². The highest BCUT2D eigenvalue weighted by Gasteiger charge is 1.99. The number of rotatable bonds is 3. The molecule has 0 aliphatic carbocycles. The van der Waals surface area contributed by atoms with Gasteiger partial charge < -0.3 is 4.98 Å². The van der Waals surface area contributed by atoms with E-state index in [9.17, 15) is 4.91 Å². The number of aromatic nitrogens is 2. The summed E-state index contributed by atoms with van der Waals surface area (Å²) in [5.74, 6) is 1.98. The lowest BCUT2D eigenvalue weighted by Crippen LogP contribution is -1.67. The molecule has 11 heavy (non-hydrogen) atoms. The van der Waals surface area contributed by atoms with Gasteiger partial charge in [-0.15, -0.1) is 4.91 Å². The van der Waals surface area contributed by atoms with Crippen LogP contribution in [0.3, 0.4) is 0 Å². The van der Waals surface area contributed by atoms with E-state index >= 15 is 0 Å². The first-order valence-electron chi connectivity index (χ1n) is 2.87. The maximum absolute atomic E-state index is 10.1. The van der Waals surface area contributed by atoms with E-state index in [2.05, 4.69) is 21.4 Å². The summed E-state index contributed by atoms with van der Waals surface area (Å²) in [5, 5.41) is 2.72. The third kappa shape index (κ3) is 1.82. The van der Waals surface area contributed by atoms with Crippen molar-refractivity contribution >= 4 is 26.4 Å². The first-order chi connectivity index (χ1) is 5.38. The van der Waals surface area contributed by atoms with Crippen molar-refractivity contribution in [3.63, 3.8) is 0 Å². The molecule has 0 radical (unpaired) electrons. The molecule has 0 fully saturated rings. The van der Waals surface area contributed by atoms with E-state index in [4.69, 9.17) is 0 Å². The minimum Gasteiger partial charge on any atom is -0.343 e. The van der Waals surface area contributed by atoms with Gasteiger partial charge in [-0.2, -0.15) is 0 Å². The third-order valence-electron chi connectivity index (χ3n) is 1.08. The molecule has 0 aliphatic heterocycles. The Kier molecular flexibility index (Phi) is 2.69. The van der Waals surface area contributed by atoms with Crippen LogP contribution >= 0.6 is 8.20 Å². The second-order valence-corrected chi connectivity index (χ2v) is 2.39. The summed E-state index contributed by atoms with van der Waals surface area (Å²) in [6, 6.07) is 0. The van der Waals surface area contributed by atoms with Crippen LogP contribution < -0.4 is 0 Å². The molecule has 1 rings (SSSR count). The van der Waals surface area contributed by atoms with E-state index < -0.39 is 0 Å². The van der Waals surface area contributed by atoms with Crippen LogP contribution in [-0.2, 0) is 0 Å². The zero-order valence-corrected chi connectivity index (χ0v) is 6.58. The summed E-state index contributed by atoms with van der Waals surface area (Å²) >= 11 is 0. The maximum Gasteiger partial charge on any atom is 0.221 e. The summed E-state index contributed by atoms with van der Waals surface area (Å²) in [6.45, 7) is 0. The van der Waals surface area contributed by atoms with Crippen LogP contribution in [0.5, 0.6) is 0 Å². The van der Waals surface area contributed by atoms with Crippen molar-refractivity contribution < 1.29 is 0 Å². The lowest BCUT2D eigenvalue weighted by Gasteiger charge is -1.82. The van der Waals surface area contributed by atoms with Crippen LogP contribution in [0.2, 0.25) is 0 Å². The van der Waals surface area contributed by atoms with Gasteiger partial charge in [0.25, 0.3) is 0 Å². The van der Waals surface area contributed by atoms with Crippen molar-refractivity contribution in [1.82, 2.24) is 9.97 Å². The van der Waals surface area contributed by atoms with Gasteiger partial charge in [-0.1, -0.05) is 14.5 Å². The Balaban J connectivity index is 2.92. The van der Waals surface area contributed by atoms with Gasteiger partial charge in [-0.25, -0.2) is 4.98 Å². The fourth-order valence-electron chi connectivity index (χ4n) is 0.620. The summed E-state index contributed by atoms with van der Waals surface area (Å²) in [5.41, 5.74) is 0.621. The zero-order valence-electron chi connectivity index (χ0n) is 5.69. The third-order valence-corrected chi connectivity index (χ3v) is 1.44. The molecule has 0 amide bonds. The molecular weight excluding hydrogens is 161 g/mol. The summed E-state index contributed by atoms with van der Waals surface area (Å²) < 4.78 is 0. The Bertz CT molecular complexity index is 292. The molecule has 0 spiro atoms. The fourth-order valence-corrected chi connectivity index (χ4v) is 0.874. The van der Waals surface area contributed by atoms with E-state index in [-0.39, 0.29) is 5.82 Å². The Morgan fingerprint density at radius 2 is 2.64 bits per heavy atom. The molecule has 5 heteroatoms. The monoisotopic (exact) mass is 167 g/mol. The first-order valence-corrected chi connectivity index (χ1v) is 4.02. The molecule has 1 aromatic heterocycles. The Hall–Kier alpha value is -1.28. The number of nitroso groups, excluding NO2 is 1. The molecule has 0 saturated heterocycles. The summed E-state index contributed by atoms with van der Waals surface area (Å²) in [7, 11) is 0.884. The Labute approximate surface area is 65.1 Å².